The Balaban J connectivity index is 2.27. The van der Waals surface area contributed by atoms with E-state index in [1.165, 1.54) is 13.2 Å². The van der Waals surface area contributed by atoms with Crippen LogP contribution in [0.3, 0.4) is 0 Å². The van der Waals surface area contributed by atoms with Gasteiger partial charge in [-0.2, -0.15) is 0 Å². The van der Waals surface area contributed by atoms with E-state index in [1.54, 1.807) is 51.1 Å². The van der Waals surface area contributed by atoms with E-state index in [2.05, 4.69) is 5.32 Å². The molecule has 0 aromatic heterocycles. The first-order valence-corrected chi connectivity index (χ1v) is 7.71. The number of ether oxygens (including phenoxy) is 2. The van der Waals surface area contributed by atoms with E-state index in [1.807, 2.05) is 6.07 Å². The molecule has 132 valence electrons. The van der Waals surface area contributed by atoms with Crippen molar-refractivity contribution in [3.8, 4) is 16.9 Å². The van der Waals surface area contributed by atoms with Gasteiger partial charge in [0.2, 0.25) is 0 Å². The molecule has 0 aliphatic carbocycles. The zero-order valence-electron chi connectivity index (χ0n) is 14.6. The molecule has 2 rings (SSSR count). The van der Waals surface area contributed by atoms with Crippen molar-refractivity contribution < 1.29 is 24.2 Å². The number of carboxylic acids is 1. The van der Waals surface area contributed by atoms with Gasteiger partial charge in [-0.15, -0.1) is 0 Å². The van der Waals surface area contributed by atoms with Crippen molar-refractivity contribution in [1.29, 1.82) is 0 Å². The van der Waals surface area contributed by atoms with Crippen molar-refractivity contribution >= 4 is 17.7 Å². The van der Waals surface area contributed by atoms with Gasteiger partial charge in [0.05, 0.1) is 7.11 Å². The van der Waals surface area contributed by atoms with E-state index >= 15 is 0 Å². The highest BCUT2D eigenvalue weighted by atomic mass is 16.6. The summed E-state index contributed by atoms with van der Waals surface area (Å²) < 4.78 is 10.4. The Hall–Kier alpha value is -3.02. The van der Waals surface area contributed by atoms with Gasteiger partial charge < -0.3 is 14.6 Å². The first-order chi connectivity index (χ1) is 11.7. The Morgan fingerprint density at radius 2 is 1.72 bits per heavy atom. The Labute approximate surface area is 146 Å². The largest absolute Gasteiger partial charge is 0.496 e. The van der Waals surface area contributed by atoms with Crippen molar-refractivity contribution in [2.45, 2.75) is 26.4 Å². The molecule has 2 N–H and O–H groups in total. The number of methoxy groups -OCH3 is 1. The van der Waals surface area contributed by atoms with E-state index in [0.29, 0.717) is 5.69 Å². The topological polar surface area (TPSA) is 84.9 Å². The summed E-state index contributed by atoms with van der Waals surface area (Å²) in [4.78, 5) is 23.1. The number of benzene rings is 2. The SMILES string of the molecule is COc1cc(-c2cccc(NC(=O)OC(C)(C)C)c2)ccc1C(=O)O. The van der Waals surface area contributed by atoms with Crippen molar-refractivity contribution in [2.24, 2.45) is 0 Å². The van der Waals surface area contributed by atoms with Crippen LogP contribution < -0.4 is 10.1 Å². The predicted octanol–water partition coefficient (Wildman–Crippen LogP) is 4.41. The molecule has 0 saturated carbocycles. The van der Waals surface area contributed by atoms with Crippen LogP contribution in [0.2, 0.25) is 0 Å². The van der Waals surface area contributed by atoms with Gasteiger partial charge in [0, 0.05) is 5.69 Å². The molecule has 0 aliphatic heterocycles. The Morgan fingerprint density at radius 3 is 2.32 bits per heavy atom. The van der Waals surface area contributed by atoms with E-state index in [9.17, 15) is 9.59 Å². The number of hydrogen-bond acceptors (Lipinski definition) is 4. The van der Waals surface area contributed by atoms with Crippen LogP contribution in [0, 0.1) is 0 Å². The van der Waals surface area contributed by atoms with Crippen molar-refractivity contribution in [3.05, 3.63) is 48.0 Å². The van der Waals surface area contributed by atoms with Gasteiger partial charge in [-0.05, 0) is 56.2 Å². The Bertz CT molecular complexity index is 793. The zero-order valence-corrected chi connectivity index (χ0v) is 14.6. The van der Waals surface area contributed by atoms with Gasteiger partial charge in [-0.3, -0.25) is 5.32 Å². The number of carboxylic acid groups (broad SMARTS) is 1. The molecule has 0 heterocycles. The quantitative estimate of drug-likeness (QED) is 0.859. The summed E-state index contributed by atoms with van der Waals surface area (Å²) in [6.45, 7) is 5.37. The first kappa shape index (κ1) is 18.3. The molecule has 0 spiro atoms. The summed E-state index contributed by atoms with van der Waals surface area (Å²) in [5.41, 5.74) is 1.67. The minimum absolute atomic E-state index is 0.0919. The molecule has 2 aromatic carbocycles. The second-order valence-electron chi connectivity index (χ2n) is 6.43. The van der Waals surface area contributed by atoms with Gasteiger partial charge >= 0.3 is 12.1 Å². The first-order valence-electron chi connectivity index (χ1n) is 7.71. The molecule has 0 saturated heterocycles. The summed E-state index contributed by atoms with van der Waals surface area (Å²) in [5.74, 6) is -0.778. The number of rotatable bonds is 4. The van der Waals surface area contributed by atoms with E-state index < -0.39 is 17.7 Å². The third kappa shape index (κ3) is 4.97. The monoisotopic (exact) mass is 343 g/mol. The highest BCUT2D eigenvalue weighted by Crippen LogP contribution is 2.29. The van der Waals surface area contributed by atoms with Crippen LogP contribution in [0.4, 0.5) is 10.5 Å². The average Bonchev–Trinajstić information content (AvgIpc) is 2.52. The minimum atomic E-state index is -1.05. The maximum Gasteiger partial charge on any atom is 0.412 e. The van der Waals surface area contributed by atoms with E-state index in [0.717, 1.165) is 11.1 Å². The van der Waals surface area contributed by atoms with Gasteiger partial charge in [0.25, 0.3) is 0 Å². The van der Waals surface area contributed by atoms with E-state index in [-0.39, 0.29) is 11.3 Å². The molecule has 2 aromatic rings. The maximum atomic E-state index is 11.9. The lowest BCUT2D eigenvalue weighted by atomic mass is 10.0. The normalized spacial score (nSPS) is 10.9. The standard InChI is InChI=1S/C19H21NO5/c1-19(2,3)25-18(23)20-14-7-5-6-12(10-14)13-8-9-15(17(21)22)16(11-13)24-4/h5-11H,1-4H3,(H,20,23)(H,21,22). The van der Waals surface area contributed by atoms with Gasteiger partial charge in [0.1, 0.15) is 16.9 Å². The number of aromatic carboxylic acids is 1. The molecule has 0 fully saturated rings. The van der Waals surface area contributed by atoms with Crippen LogP contribution in [0.5, 0.6) is 5.75 Å². The number of anilines is 1. The molecule has 0 bridgehead atoms. The van der Waals surface area contributed by atoms with Gasteiger partial charge in [0.15, 0.2) is 0 Å². The zero-order chi connectivity index (χ0) is 18.6. The summed E-state index contributed by atoms with van der Waals surface area (Å²) in [6.07, 6.45) is -0.538. The average molecular weight is 343 g/mol. The van der Waals surface area contributed by atoms with Crippen LogP contribution in [0.1, 0.15) is 31.1 Å². The predicted molar refractivity (Wildman–Crippen MR) is 95.2 cm³/mol. The molecule has 0 unspecified atom stereocenters. The van der Waals surface area contributed by atoms with Crippen molar-refractivity contribution in [2.75, 3.05) is 12.4 Å². The second kappa shape index (κ2) is 7.25. The third-order valence-electron chi connectivity index (χ3n) is 3.27. The van der Waals surface area contributed by atoms with Crippen LogP contribution in [0.15, 0.2) is 42.5 Å². The lowest BCUT2D eigenvalue weighted by Crippen LogP contribution is -2.27. The number of amides is 1. The summed E-state index contributed by atoms with van der Waals surface area (Å²) in [7, 11) is 1.42. The number of nitrogens with one attached hydrogen (secondary N) is 1. The molecule has 6 heteroatoms. The molecular weight excluding hydrogens is 322 g/mol. The molecular formula is C19H21NO5. The molecule has 25 heavy (non-hydrogen) atoms. The Kier molecular flexibility index (Phi) is 5.32. The van der Waals surface area contributed by atoms with Crippen LogP contribution in [-0.4, -0.2) is 29.9 Å². The minimum Gasteiger partial charge on any atom is -0.496 e. The summed E-state index contributed by atoms with van der Waals surface area (Å²) in [5, 5.41) is 11.8. The van der Waals surface area contributed by atoms with Crippen LogP contribution >= 0.6 is 0 Å². The molecule has 6 nitrogen and oxygen atoms in total. The highest BCUT2D eigenvalue weighted by molar-refractivity contribution is 5.92. The van der Waals surface area contributed by atoms with Gasteiger partial charge in [-0.25, -0.2) is 9.59 Å². The summed E-state index contributed by atoms with van der Waals surface area (Å²) >= 11 is 0. The second-order valence-corrected chi connectivity index (χ2v) is 6.43. The fraction of sp³-hybridized carbons (Fsp3) is 0.263. The van der Waals surface area contributed by atoms with Crippen LogP contribution in [-0.2, 0) is 4.74 Å². The van der Waals surface area contributed by atoms with Crippen LogP contribution in [0.25, 0.3) is 11.1 Å². The van der Waals surface area contributed by atoms with Crippen molar-refractivity contribution in [3.63, 3.8) is 0 Å². The fourth-order valence-electron chi connectivity index (χ4n) is 2.25. The molecule has 0 atom stereocenters. The maximum absolute atomic E-state index is 11.9. The third-order valence-corrected chi connectivity index (χ3v) is 3.27. The molecule has 0 radical (unpaired) electrons. The van der Waals surface area contributed by atoms with Crippen molar-refractivity contribution in [1.82, 2.24) is 0 Å². The fourth-order valence-corrected chi connectivity index (χ4v) is 2.25. The summed E-state index contributed by atoms with van der Waals surface area (Å²) in [6, 6.07) is 12.0. The lowest BCUT2D eigenvalue weighted by molar-refractivity contribution is 0.0634. The molecule has 1 amide bonds. The number of hydrogen-bond donors (Lipinski definition) is 2. The number of carbonyl (C=O) groups excluding carboxylic acids is 1. The smallest absolute Gasteiger partial charge is 0.412 e. The van der Waals surface area contributed by atoms with E-state index in [4.69, 9.17) is 14.6 Å². The highest BCUT2D eigenvalue weighted by Gasteiger charge is 2.16. The Morgan fingerprint density at radius 1 is 1.04 bits per heavy atom. The van der Waals surface area contributed by atoms with Gasteiger partial charge in [-0.1, -0.05) is 18.2 Å². The number of carbonyl (C=O) groups is 2. The molecule has 0 aliphatic rings. The lowest BCUT2D eigenvalue weighted by Gasteiger charge is -2.19.